The summed E-state index contributed by atoms with van der Waals surface area (Å²) in [6.07, 6.45) is 8.64. The van der Waals surface area contributed by atoms with Gasteiger partial charge in [-0.05, 0) is 73.0 Å². The summed E-state index contributed by atoms with van der Waals surface area (Å²) in [6, 6.07) is 6.55. The van der Waals surface area contributed by atoms with E-state index in [1.165, 1.54) is 16.7 Å². The van der Waals surface area contributed by atoms with Crippen molar-refractivity contribution in [1.82, 2.24) is 0 Å². The highest BCUT2D eigenvalue weighted by Gasteiger charge is 2.22. The molecule has 1 aromatic rings. The molecule has 0 spiro atoms. The molecule has 1 aromatic carbocycles. The number of aliphatic carboxylic acids is 2. The van der Waals surface area contributed by atoms with E-state index < -0.39 is 11.9 Å². The molecule has 0 amide bonds. The van der Waals surface area contributed by atoms with Gasteiger partial charge in [0.2, 0.25) is 0 Å². The van der Waals surface area contributed by atoms with Crippen LogP contribution in [0.4, 0.5) is 0 Å². The Kier molecular flexibility index (Phi) is 9.88. The Balaban J connectivity index is 2.46. The van der Waals surface area contributed by atoms with Crippen LogP contribution in [0.3, 0.4) is 0 Å². The molecule has 4 heteroatoms. The molecule has 164 valence electrons. The first-order valence-corrected chi connectivity index (χ1v) is 10.9. The van der Waals surface area contributed by atoms with Crippen molar-refractivity contribution in [1.29, 1.82) is 0 Å². The van der Waals surface area contributed by atoms with Gasteiger partial charge in [0.25, 0.3) is 0 Å². The number of hydrogen-bond acceptors (Lipinski definition) is 2. The van der Waals surface area contributed by atoms with Crippen molar-refractivity contribution in [3.8, 4) is 0 Å². The lowest BCUT2D eigenvalue weighted by Crippen LogP contribution is -2.16. The lowest BCUT2D eigenvalue weighted by atomic mass is 9.83. The van der Waals surface area contributed by atoms with E-state index in [9.17, 15) is 9.59 Å². The van der Waals surface area contributed by atoms with Gasteiger partial charge in [-0.2, -0.15) is 0 Å². The highest BCUT2D eigenvalue weighted by atomic mass is 16.4. The molecule has 0 saturated heterocycles. The summed E-state index contributed by atoms with van der Waals surface area (Å²) in [5.41, 5.74) is 3.88. The second-order valence-corrected chi connectivity index (χ2v) is 10.1. The Bertz CT molecular complexity index is 619. The third-order valence-corrected chi connectivity index (χ3v) is 5.92. The summed E-state index contributed by atoms with van der Waals surface area (Å²) in [4.78, 5) is 21.9. The minimum atomic E-state index is -0.718. The first kappa shape index (κ1) is 25.2. The fourth-order valence-electron chi connectivity index (χ4n) is 4.11. The SMILES string of the molecule is Cc1c(CCCCC(C)(C)CC(=O)O)cccc1CCCCC(C)(C)CC(=O)O. The number of hydrogen-bond donors (Lipinski definition) is 2. The van der Waals surface area contributed by atoms with Crippen molar-refractivity contribution in [2.24, 2.45) is 10.8 Å². The van der Waals surface area contributed by atoms with Gasteiger partial charge in [-0.25, -0.2) is 0 Å². The molecule has 0 aliphatic heterocycles. The molecule has 0 saturated carbocycles. The Labute approximate surface area is 176 Å². The molecule has 0 aromatic heterocycles. The molecule has 0 fully saturated rings. The van der Waals surface area contributed by atoms with Gasteiger partial charge in [0, 0.05) is 0 Å². The van der Waals surface area contributed by atoms with Crippen LogP contribution in [0.25, 0.3) is 0 Å². The third kappa shape index (κ3) is 10.5. The van der Waals surface area contributed by atoms with E-state index in [0.29, 0.717) is 0 Å². The van der Waals surface area contributed by atoms with E-state index in [1.54, 1.807) is 0 Å². The normalized spacial score (nSPS) is 12.2. The first-order chi connectivity index (χ1) is 13.4. The summed E-state index contributed by atoms with van der Waals surface area (Å²) in [5, 5.41) is 18.0. The molecule has 4 nitrogen and oxygen atoms in total. The lowest BCUT2D eigenvalue weighted by Gasteiger charge is -2.22. The van der Waals surface area contributed by atoms with E-state index in [-0.39, 0.29) is 23.7 Å². The van der Waals surface area contributed by atoms with Crippen molar-refractivity contribution in [3.63, 3.8) is 0 Å². The van der Waals surface area contributed by atoms with Crippen LogP contribution in [0.1, 0.15) is 95.8 Å². The summed E-state index contributed by atoms with van der Waals surface area (Å²) in [6.45, 7) is 10.3. The topological polar surface area (TPSA) is 74.6 Å². The molecular weight excluding hydrogens is 364 g/mol. The van der Waals surface area contributed by atoms with Gasteiger partial charge < -0.3 is 10.2 Å². The predicted molar refractivity (Wildman–Crippen MR) is 118 cm³/mol. The molecule has 0 heterocycles. The van der Waals surface area contributed by atoms with Gasteiger partial charge in [0.15, 0.2) is 0 Å². The van der Waals surface area contributed by atoms with E-state index in [2.05, 4.69) is 25.1 Å². The zero-order valence-electron chi connectivity index (χ0n) is 19.0. The van der Waals surface area contributed by atoms with Crippen molar-refractivity contribution in [2.75, 3.05) is 0 Å². The maximum Gasteiger partial charge on any atom is 0.303 e. The van der Waals surface area contributed by atoms with Crippen LogP contribution in [0.5, 0.6) is 0 Å². The number of carboxylic acid groups (broad SMARTS) is 2. The monoisotopic (exact) mass is 404 g/mol. The molecule has 0 radical (unpaired) electrons. The van der Waals surface area contributed by atoms with E-state index in [4.69, 9.17) is 10.2 Å². The summed E-state index contributed by atoms with van der Waals surface area (Å²) in [7, 11) is 0. The molecule has 0 unspecified atom stereocenters. The minimum absolute atomic E-state index is 0.142. The second-order valence-electron chi connectivity index (χ2n) is 10.1. The van der Waals surface area contributed by atoms with Crippen LogP contribution in [-0.2, 0) is 22.4 Å². The molecular formula is C25H40O4. The van der Waals surface area contributed by atoms with Gasteiger partial charge >= 0.3 is 11.9 Å². The molecule has 2 N–H and O–H groups in total. The second kappa shape index (κ2) is 11.4. The molecule has 0 bridgehead atoms. The molecule has 0 atom stereocenters. The third-order valence-electron chi connectivity index (χ3n) is 5.92. The van der Waals surface area contributed by atoms with Crippen molar-refractivity contribution >= 4 is 11.9 Å². The number of aryl methyl sites for hydroxylation is 2. The quantitative estimate of drug-likeness (QED) is 0.351. The number of carboxylic acids is 2. The van der Waals surface area contributed by atoms with Crippen LogP contribution in [-0.4, -0.2) is 22.2 Å². The average Bonchev–Trinajstić information content (AvgIpc) is 2.55. The van der Waals surface area contributed by atoms with E-state index in [1.807, 2.05) is 27.7 Å². The number of unbranched alkanes of at least 4 members (excludes halogenated alkanes) is 2. The van der Waals surface area contributed by atoms with Crippen LogP contribution < -0.4 is 0 Å². The summed E-state index contributed by atoms with van der Waals surface area (Å²) in [5.74, 6) is -1.44. The largest absolute Gasteiger partial charge is 0.481 e. The highest BCUT2D eigenvalue weighted by molar-refractivity contribution is 5.67. The Morgan fingerprint density at radius 1 is 0.759 bits per heavy atom. The maximum atomic E-state index is 10.9. The zero-order valence-corrected chi connectivity index (χ0v) is 19.0. The first-order valence-electron chi connectivity index (χ1n) is 10.9. The van der Waals surface area contributed by atoms with Gasteiger partial charge in [-0.15, -0.1) is 0 Å². The van der Waals surface area contributed by atoms with Crippen LogP contribution in [0, 0.1) is 17.8 Å². The lowest BCUT2D eigenvalue weighted by molar-refractivity contribution is -0.140. The smallest absolute Gasteiger partial charge is 0.303 e. The van der Waals surface area contributed by atoms with Gasteiger partial charge in [0.1, 0.15) is 0 Å². The van der Waals surface area contributed by atoms with Crippen LogP contribution in [0.2, 0.25) is 0 Å². The molecule has 0 aliphatic carbocycles. The van der Waals surface area contributed by atoms with Gasteiger partial charge in [-0.1, -0.05) is 58.7 Å². The fraction of sp³-hybridized carbons (Fsp3) is 0.680. The van der Waals surface area contributed by atoms with E-state index >= 15 is 0 Å². The molecule has 0 aliphatic rings. The molecule has 29 heavy (non-hydrogen) atoms. The highest BCUT2D eigenvalue weighted by Crippen LogP contribution is 2.29. The average molecular weight is 405 g/mol. The Morgan fingerprint density at radius 2 is 1.14 bits per heavy atom. The minimum Gasteiger partial charge on any atom is -0.481 e. The van der Waals surface area contributed by atoms with Gasteiger partial charge in [0.05, 0.1) is 12.8 Å². The summed E-state index contributed by atoms with van der Waals surface area (Å²) >= 11 is 0. The predicted octanol–water partition coefficient (Wildman–Crippen LogP) is 6.42. The fourth-order valence-corrected chi connectivity index (χ4v) is 4.11. The standard InChI is InChI=1S/C25H40O4/c1-19-20(11-6-8-15-24(2,3)17-22(26)27)13-10-14-21(19)12-7-9-16-25(4,5)18-23(28)29/h10,13-14H,6-9,11-12,15-18H2,1-5H3,(H,26,27)(H,28,29). The zero-order chi connectivity index (χ0) is 22.1. The van der Waals surface area contributed by atoms with Crippen molar-refractivity contribution in [3.05, 3.63) is 34.9 Å². The molecule has 1 rings (SSSR count). The number of rotatable bonds is 14. The number of carbonyl (C=O) groups is 2. The van der Waals surface area contributed by atoms with Crippen molar-refractivity contribution < 1.29 is 19.8 Å². The van der Waals surface area contributed by atoms with Crippen molar-refractivity contribution in [2.45, 2.75) is 98.8 Å². The van der Waals surface area contributed by atoms with Crippen LogP contribution >= 0.6 is 0 Å². The van der Waals surface area contributed by atoms with E-state index in [0.717, 1.165) is 51.4 Å². The maximum absolute atomic E-state index is 10.9. The number of benzene rings is 1. The Morgan fingerprint density at radius 3 is 1.48 bits per heavy atom. The summed E-state index contributed by atoms with van der Waals surface area (Å²) < 4.78 is 0. The Hall–Kier alpha value is -1.84. The van der Waals surface area contributed by atoms with Gasteiger partial charge in [-0.3, -0.25) is 9.59 Å². The van der Waals surface area contributed by atoms with Crippen LogP contribution in [0.15, 0.2) is 18.2 Å².